The van der Waals surface area contributed by atoms with Gasteiger partial charge >= 0.3 is 0 Å². The molecule has 1 aromatic carbocycles. The lowest BCUT2D eigenvalue weighted by Gasteiger charge is -2.17. The van der Waals surface area contributed by atoms with Crippen molar-refractivity contribution in [3.05, 3.63) is 35.7 Å². The van der Waals surface area contributed by atoms with Crippen molar-refractivity contribution in [2.75, 3.05) is 17.2 Å². The van der Waals surface area contributed by atoms with Crippen molar-refractivity contribution in [1.82, 2.24) is 15.5 Å². The summed E-state index contributed by atoms with van der Waals surface area (Å²) in [6.45, 7) is 4.18. The van der Waals surface area contributed by atoms with E-state index >= 15 is 0 Å². The van der Waals surface area contributed by atoms with Gasteiger partial charge in [0.15, 0.2) is 0 Å². The van der Waals surface area contributed by atoms with Gasteiger partial charge in [0.2, 0.25) is 17.7 Å². The number of nitrogens with one attached hydrogen (secondary N) is 1. The van der Waals surface area contributed by atoms with E-state index in [0.717, 1.165) is 11.3 Å². The maximum atomic E-state index is 12.2. The van der Waals surface area contributed by atoms with Crippen LogP contribution in [0.5, 0.6) is 0 Å². The maximum Gasteiger partial charge on any atom is 0.277 e. The van der Waals surface area contributed by atoms with Gasteiger partial charge in [-0.1, -0.05) is 29.5 Å². The molecular formula is C16H18N4O3S. The summed E-state index contributed by atoms with van der Waals surface area (Å²) in [5.41, 5.74) is 2.00. The van der Waals surface area contributed by atoms with E-state index in [-0.39, 0.29) is 23.6 Å². The minimum Gasteiger partial charge on any atom is -0.416 e. The van der Waals surface area contributed by atoms with Crippen LogP contribution in [0.25, 0.3) is 0 Å². The standard InChI is InChI=1S/C16H18N4O3S/c1-10-3-5-13(6-4-10)20-8-12(7-15(20)22)17-14(21)9-24-16-19-18-11(2)23-16/h3-6,12H,7-9H2,1-2H3,(H,17,21)/t12-/m0/s1. The average molecular weight is 346 g/mol. The zero-order valence-electron chi connectivity index (χ0n) is 13.5. The van der Waals surface area contributed by atoms with E-state index in [0.29, 0.717) is 24.1 Å². The molecule has 0 unspecified atom stereocenters. The first-order valence-corrected chi connectivity index (χ1v) is 8.59. The fraction of sp³-hybridized carbons (Fsp3) is 0.375. The predicted molar refractivity (Wildman–Crippen MR) is 89.8 cm³/mol. The molecule has 3 rings (SSSR count). The van der Waals surface area contributed by atoms with Crippen LogP contribution in [-0.2, 0) is 9.59 Å². The van der Waals surface area contributed by atoms with Gasteiger partial charge in [0.25, 0.3) is 5.22 Å². The van der Waals surface area contributed by atoms with Crippen LogP contribution in [-0.4, -0.2) is 40.4 Å². The highest BCUT2D eigenvalue weighted by atomic mass is 32.2. The SMILES string of the molecule is Cc1ccc(N2C[C@@H](NC(=O)CSc3nnc(C)o3)CC2=O)cc1. The molecule has 0 saturated carbocycles. The molecule has 1 N–H and O–H groups in total. The number of nitrogens with zero attached hydrogens (tertiary/aromatic N) is 3. The molecule has 1 saturated heterocycles. The topological polar surface area (TPSA) is 88.3 Å². The summed E-state index contributed by atoms with van der Waals surface area (Å²) < 4.78 is 5.20. The minimum atomic E-state index is -0.184. The zero-order chi connectivity index (χ0) is 17.1. The molecule has 1 aromatic heterocycles. The van der Waals surface area contributed by atoms with Gasteiger partial charge < -0.3 is 14.6 Å². The number of aromatic nitrogens is 2. The van der Waals surface area contributed by atoms with Crippen LogP contribution in [0.3, 0.4) is 0 Å². The molecule has 7 nitrogen and oxygen atoms in total. The molecule has 2 aromatic rings. The molecule has 2 amide bonds. The third-order valence-corrected chi connectivity index (χ3v) is 4.49. The lowest BCUT2D eigenvalue weighted by atomic mass is 10.2. The zero-order valence-corrected chi connectivity index (χ0v) is 14.3. The Labute approximate surface area is 143 Å². The Morgan fingerprint density at radius 3 is 2.75 bits per heavy atom. The first-order valence-electron chi connectivity index (χ1n) is 7.60. The highest BCUT2D eigenvalue weighted by molar-refractivity contribution is 7.99. The van der Waals surface area contributed by atoms with Crippen molar-refractivity contribution in [2.45, 2.75) is 31.5 Å². The monoisotopic (exact) mass is 346 g/mol. The van der Waals surface area contributed by atoms with E-state index in [1.165, 1.54) is 11.8 Å². The van der Waals surface area contributed by atoms with Crippen LogP contribution in [0, 0.1) is 13.8 Å². The van der Waals surface area contributed by atoms with Gasteiger partial charge in [-0.15, -0.1) is 10.2 Å². The molecule has 126 valence electrons. The summed E-state index contributed by atoms with van der Waals surface area (Å²) >= 11 is 1.18. The number of amides is 2. The van der Waals surface area contributed by atoms with Crippen LogP contribution in [0.2, 0.25) is 0 Å². The molecular weight excluding hydrogens is 328 g/mol. The Morgan fingerprint density at radius 2 is 2.08 bits per heavy atom. The number of hydrogen-bond donors (Lipinski definition) is 1. The van der Waals surface area contributed by atoms with Crippen LogP contribution in [0.1, 0.15) is 17.9 Å². The van der Waals surface area contributed by atoms with Gasteiger partial charge in [0.05, 0.1) is 11.8 Å². The molecule has 2 heterocycles. The number of hydrogen-bond acceptors (Lipinski definition) is 6. The number of aryl methyl sites for hydroxylation is 2. The number of carbonyl (C=O) groups is 2. The largest absolute Gasteiger partial charge is 0.416 e. The molecule has 0 spiro atoms. The Hall–Kier alpha value is -2.35. The summed E-state index contributed by atoms with van der Waals surface area (Å²) in [4.78, 5) is 25.9. The second-order valence-corrected chi connectivity index (χ2v) is 6.61. The molecule has 0 radical (unpaired) electrons. The van der Waals surface area contributed by atoms with Crippen molar-refractivity contribution in [2.24, 2.45) is 0 Å². The predicted octanol–water partition coefficient (Wildman–Crippen LogP) is 1.70. The van der Waals surface area contributed by atoms with Crippen molar-refractivity contribution < 1.29 is 14.0 Å². The highest BCUT2D eigenvalue weighted by Gasteiger charge is 2.31. The van der Waals surface area contributed by atoms with Crippen molar-refractivity contribution >= 4 is 29.3 Å². The van der Waals surface area contributed by atoms with E-state index in [2.05, 4.69) is 15.5 Å². The fourth-order valence-corrected chi connectivity index (χ4v) is 3.13. The molecule has 0 bridgehead atoms. The normalized spacial score (nSPS) is 17.3. The summed E-state index contributed by atoms with van der Waals surface area (Å²) in [5.74, 6) is 0.508. The van der Waals surface area contributed by atoms with E-state index in [4.69, 9.17) is 4.42 Å². The van der Waals surface area contributed by atoms with E-state index in [9.17, 15) is 9.59 Å². The fourth-order valence-electron chi connectivity index (χ4n) is 2.51. The summed E-state index contributed by atoms with van der Waals surface area (Å²) in [6, 6.07) is 7.60. The third-order valence-electron chi connectivity index (χ3n) is 3.67. The van der Waals surface area contributed by atoms with Crippen LogP contribution in [0.4, 0.5) is 5.69 Å². The van der Waals surface area contributed by atoms with Crippen LogP contribution >= 0.6 is 11.8 Å². The van der Waals surface area contributed by atoms with Crippen molar-refractivity contribution in [3.63, 3.8) is 0 Å². The minimum absolute atomic E-state index is 0.0179. The van der Waals surface area contributed by atoms with Gasteiger partial charge in [-0.3, -0.25) is 9.59 Å². The first kappa shape index (κ1) is 16.5. The number of anilines is 1. The van der Waals surface area contributed by atoms with Crippen LogP contribution in [0.15, 0.2) is 33.9 Å². The Morgan fingerprint density at radius 1 is 1.33 bits per heavy atom. The Kier molecular flexibility index (Phi) is 4.84. The van der Waals surface area contributed by atoms with E-state index in [1.807, 2.05) is 31.2 Å². The molecule has 1 atom stereocenters. The smallest absolute Gasteiger partial charge is 0.277 e. The Bertz CT molecular complexity index is 744. The molecule has 1 aliphatic rings. The second-order valence-electron chi connectivity index (χ2n) is 5.68. The van der Waals surface area contributed by atoms with Gasteiger partial charge in [0.1, 0.15) is 0 Å². The van der Waals surface area contributed by atoms with Crippen molar-refractivity contribution in [3.8, 4) is 0 Å². The summed E-state index contributed by atoms with van der Waals surface area (Å²) in [5, 5.41) is 10.8. The second kappa shape index (κ2) is 7.04. The molecule has 8 heteroatoms. The number of rotatable bonds is 5. The lowest BCUT2D eigenvalue weighted by molar-refractivity contribution is -0.119. The van der Waals surface area contributed by atoms with Gasteiger partial charge in [-0.05, 0) is 19.1 Å². The van der Waals surface area contributed by atoms with Gasteiger partial charge in [0, 0.05) is 25.6 Å². The highest BCUT2D eigenvalue weighted by Crippen LogP contribution is 2.22. The quantitative estimate of drug-likeness (QED) is 0.829. The van der Waals surface area contributed by atoms with Crippen molar-refractivity contribution in [1.29, 1.82) is 0 Å². The average Bonchev–Trinajstić information content (AvgIpc) is 3.12. The third kappa shape index (κ3) is 3.94. The summed E-state index contributed by atoms with van der Waals surface area (Å²) in [6.07, 6.45) is 0.309. The van der Waals surface area contributed by atoms with E-state index in [1.54, 1.807) is 11.8 Å². The molecule has 24 heavy (non-hydrogen) atoms. The van der Waals surface area contributed by atoms with Gasteiger partial charge in [-0.2, -0.15) is 0 Å². The van der Waals surface area contributed by atoms with Crippen LogP contribution < -0.4 is 10.2 Å². The summed E-state index contributed by atoms with van der Waals surface area (Å²) in [7, 11) is 0. The number of benzene rings is 1. The van der Waals surface area contributed by atoms with Gasteiger partial charge in [-0.25, -0.2) is 0 Å². The lowest BCUT2D eigenvalue weighted by Crippen LogP contribution is -2.38. The number of thioether (sulfide) groups is 1. The maximum absolute atomic E-state index is 12.2. The Balaban J connectivity index is 1.52. The molecule has 1 aliphatic heterocycles. The molecule has 0 aliphatic carbocycles. The van der Waals surface area contributed by atoms with E-state index < -0.39 is 0 Å². The first-order chi connectivity index (χ1) is 11.5. The molecule has 1 fully saturated rings. The number of carbonyl (C=O) groups excluding carboxylic acids is 2.